The number of rotatable bonds is 5. The van der Waals surface area contributed by atoms with Gasteiger partial charge in [0.25, 0.3) is 5.56 Å². The maximum Gasteiger partial charge on any atom is 0.262 e. The lowest BCUT2D eigenvalue weighted by Crippen LogP contribution is -2.50. The molecule has 1 aromatic carbocycles. The molecule has 0 aliphatic carbocycles. The Morgan fingerprint density at radius 2 is 1.95 bits per heavy atom. The number of ether oxygens (including phenoxy) is 2. The lowest BCUT2D eigenvalue weighted by Gasteiger charge is -2.41. The van der Waals surface area contributed by atoms with Crippen molar-refractivity contribution in [3.63, 3.8) is 0 Å². The van der Waals surface area contributed by atoms with E-state index in [0.29, 0.717) is 28.4 Å². The van der Waals surface area contributed by atoms with E-state index in [1.165, 1.54) is 11.8 Å². The third kappa shape index (κ3) is 4.93. The Kier molecular flexibility index (Phi) is 7.34. The van der Waals surface area contributed by atoms with Crippen LogP contribution in [-0.4, -0.2) is 64.6 Å². The molecular formula is C27H33ClN6O3S. The number of hydrogen-bond donors (Lipinski definition) is 1. The predicted molar refractivity (Wildman–Crippen MR) is 148 cm³/mol. The van der Waals surface area contributed by atoms with Crippen molar-refractivity contribution in [3.8, 4) is 0 Å². The second-order valence-corrected chi connectivity index (χ2v) is 12.2. The first-order valence-corrected chi connectivity index (χ1v) is 14.5. The summed E-state index contributed by atoms with van der Waals surface area (Å²) >= 11 is 8.18. The molecule has 0 saturated carbocycles. The summed E-state index contributed by atoms with van der Waals surface area (Å²) in [5.41, 5.74) is 7.02. The van der Waals surface area contributed by atoms with Gasteiger partial charge in [0.2, 0.25) is 0 Å². The first kappa shape index (κ1) is 26.0. The van der Waals surface area contributed by atoms with Crippen LogP contribution >= 0.6 is 23.4 Å². The third-order valence-corrected chi connectivity index (χ3v) is 9.93. The van der Waals surface area contributed by atoms with Gasteiger partial charge in [-0.3, -0.25) is 9.36 Å². The summed E-state index contributed by atoms with van der Waals surface area (Å²) in [6, 6.07) is 3.81. The topological polar surface area (TPSA) is 108 Å². The predicted octanol–water partition coefficient (Wildman–Crippen LogP) is 3.75. The summed E-state index contributed by atoms with van der Waals surface area (Å²) < 4.78 is 13.0. The molecule has 3 aromatic rings. The summed E-state index contributed by atoms with van der Waals surface area (Å²) in [6.07, 6.45) is 9.20. The molecule has 38 heavy (non-hydrogen) atoms. The second kappa shape index (κ2) is 10.7. The van der Waals surface area contributed by atoms with E-state index in [-0.39, 0.29) is 23.1 Å². The van der Waals surface area contributed by atoms with Gasteiger partial charge < -0.3 is 20.1 Å². The molecule has 2 N–H and O–H groups in total. The largest absolute Gasteiger partial charge is 0.381 e. The minimum Gasteiger partial charge on any atom is -0.381 e. The molecule has 0 bridgehead atoms. The zero-order valence-corrected chi connectivity index (χ0v) is 23.1. The van der Waals surface area contributed by atoms with Crippen LogP contribution in [0.25, 0.3) is 10.9 Å². The summed E-state index contributed by atoms with van der Waals surface area (Å²) in [5.74, 6) is 1.26. The number of benzene rings is 1. The molecule has 3 saturated heterocycles. The van der Waals surface area contributed by atoms with Crippen LogP contribution < -0.4 is 16.2 Å². The van der Waals surface area contributed by atoms with Crippen LogP contribution in [0.5, 0.6) is 0 Å². The zero-order chi connectivity index (χ0) is 26.3. The quantitative estimate of drug-likeness (QED) is 0.502. The third-order valence-electron chi connectivity index (χ3n) is 8.45. The molecule has 202 valence electrons. The second-order valence-electron chi connectivity index (χ2n) is 10.7. The molecule has 2 aromatic heterocycles. The van der Waals surface area contributed by atoms with E-state index in [0.717, 1.165) is 74.3 Å². The molecule has 3 fully saturated rings. The first-order valence-electron chi connectivity index (χ1n) is 13.3. The molecule has 0 radical (unpaired) electrons. The van der Waals surface area contributed by atoms with Crippen LogP contribution in [0.1, 0.15) is 32.6 Å². The Bertz CT molecular complexity index is 1360. The summed E-state index contributed by atoms with van der Waals surface area (Å²) in [6.45, 7) is 6.68. The van der Waals surface area contributed by atoms with E-state index in [2.05, 4.69) is 26.8 Å². The number of fused-ring (bicyclic) bond motifs is 1. The van der Waals surface area contributed by atoms with Gasteiger partial charge in [-0.1, -0.05) is 23.4 Å². The number of nitrogens with zero attached hydrogens (tertiary/aromatic N) is 5. The van der Waals surface area contributed by atoms with Gasteiger partial charge in [-0.15, -0.1) is 0 Å². The van der Waals surface area contributed by atoms with Crippen molar-refractivity contribution in [2.24, 2.45) is 17.1 Å². The molecule has 6 rings (SSSR count). The van der Waals surface area contributed by atoms with Crippen LogP contribution in [-0.2, 0) is 16.0 Å². The van der Waals surface area contributed by atoms with Crippen molar-refractivity contribution in [1.82, 2.24) is 19.5 Å². The number of hydrogen-bond acceptors (Lipinski definition) is 9. The number of halogens is 1. The highest BCUT2D eigenvalue weighted by Gasteiger charge is 2.47. The van der Waals surface area contributed by atoms with E-state index in [1.54, 1.807) is 17.1 Å². The van der Waals surface area contributed by atoms with E-state index in [9.17, 15) is 4.79 Å². The number of piperidine rings is 1. The van der Waals surface area contributed by atoms with Crippen LogP contribution in [0, 0.1) is 11.3 Å². The highest BCUT2D eigenvalue weighted by atomic mass is 35.5. The maximum atomic E-state index is 13.3. The van der Waals surface area contributed by atoms with Crippen LogP contribution in [0.15, 0.2) is 45.6 Å². The van der Waals surface area contributed by atoms with Gasteiger partial charge in [-0.05, 0) is 50.7 Å². The Balaban J connectivity index is 1.16. The monoisotopic (exact) mass is 556 g/mol. The molecule has 3 aliphatic heterocycles. The van der Waals surface area contributed by atoms with Gasteiger partial charge in [0.05, 0.1) is 47.4 Å². The maximum absolute atomic E-state index is 13.3. The fourth-order valence-electron chi connectivity index (χ4n) is 5.89. The average Bonchev–Trinajstić information content (AvgIpc) is 3.21. The Morgan fingerprint density at radius 1 is 1.16 bits per heavy atom. The van der Waals surface area contributed by atoms with Crippen molar-refractivity contribution in [2.45, 2.75) is 61.2 Å². The SMILES string of the molecule is C[C@@H]1OCC2(CCN(c3cnc(Sc4ccc5ncn(CC6CCOCC6)c(=O)c5c4Cl)cn3)CC2)[C@@H]1N. The Labute approximate surface area is 231 Å². The highest BCUT2D eigenvalue weighted by Crippen LogP contribution is 2.42. The van der Waals surface area contributed by atoms with Gasteiger partial charge in [0, 0.05) is 49.2 Å². The van der Waals surface area contributed by atoms with Crippen LogP contribution in [0.3, 0.4) is 0 Å². The van der Waals surface area contributed by atoms with Gasteiger partial charge in [-0.2, -0.15) is 0 Å². The van der Waals surface area contributed by atoms with Crippen molar-refractivity contribution in [3.05, 3.63) is 46.2 Å². The van der Waals surface area contributed by atoms with Crippen molar-refractivity contribution >= 4 is 40.1 Å². The average molecular weight is 557 g/mol. The molecule has 3 aliphatic rings. The minimum atomic E-state index is -0.111. The standard InChI is InChI=1S/C27H33ClN6O3S/c1-17-25(29)27(15-37-17)6-8-33(9-7-27)21-12-31-22(13-30-21)38-20-3-2-19-23(24(20)28)26(35)34(16-32-19)14-18-4-10-36-11-5-18/h2-3,12-13,16-18,25H,4-11,14-15,29H2,1H3/t17-,25+/m0/s1. The van der Waals surface area contributed by atoms with Gasteiger partial charge in [0.15, 0.2) is 0 Å². The zero-order valence-electron chi connectivity index (χ0n) is 21.5. The summed E-state index contributed by atoms with van der Waals surface area (Å²) in [4.78, 5) is 30.2. The molecule has 2 atom stereocenters. The first-order chi connectivity index (χ1) is 18.4. The van der Waals surface area contributed by atoms with E-state index in [1.807, 2.05) is 18.3 Å². The minimum absolute atomic E-state index is 0.0736. The molecule has 0 unspecified atom stereocenters. The van der Waals surface area contributed by atoms with E-state index >= 15 is 0 Å². The lowest BCUT2D eigenvalue weighted by molar-refractivity contribution is 0.0609. The molecule has 9 nitrogen and oxygen atoms in total. The highest BCUT2D eigenvalue weighted by molar-refractivity contribution is 7.99. The molecule has 1 spiro atoms. The van der Waals surface area contributed by atoms with Gasteiger partial charge >= 0.3 is 0 Å². The Morgan fingerprint density at radius 3 is 2.63 bits per heavy atom. The number of nitrogens with two attached hydrogens (primary N) is 1. The van der Waals surface area contributed by atoms with Crippen LogP contribution in [0.2, 0.25) is 5.02 Å². The normalized spacial score (nSPS) is 23.9. The van der Waals surface area contributed by atoms with Crippen molar-refractivity contribution in [1.29, 1.82) is 0 Å². The smallest absolute Gasteiger partial charge is 0.262 e. The summed E-state index contributed by atoms with van der Waals surface area (Å²) in [5, 5.41) is 1.57. The molecular weight excluding hydrogens is 524 g/mol. The molecule has 5 heterocycles. The van der Waals surface area contributed by atoms with Crippen molar-refractivity contribution in [2.75, 3.05) is 37.8 Å². The van der Waals surface area contributed by atoms with E-state index in [4.69, 9.17) is 26.8 Å². The fraction of sp³-hybridized carbons (Fsp3) is 0.556. The van der Waals surface area contributed by atoms with Crippen molar-refractivity contribution < 1.29 is 9.47 Å². The van der Waals surface area contributed by atoms with E-state index < -0.39 is 0 Å². The number of anilines is 1. The summed E-state index contributed by atoms with van der Waals surface area (Å²) in [7, 11) is 0. The van der Waals surface area contributed by atoms with Crippen LogP contribution in [0.4, 0.5) is 5.82 Å². The number of aromatic nitrogens is 4. The lowest BCUT2D eigenvalue weighted by atomic mass is 9.73. The Hall–Kier alpha value is -2.24. The molecule has 11 heteroatoms. The van der Waals surface area contributed by atoms with Gasteiger partial charge in [0.1, 0.15) is 10.8 Å². The van der Waals surface area contributed by atoms with Gasteiger partial charge in [-0.25, -0.2) is 15.0 Å². The fourth-order valence-corrected chi connectivity index (χ4v) is 7.01. The molecule has 0 amide bonds.